The number of rotatable bonds is 8. The summed E-state index contributed by atoms with van der Waals surface area (Å²) in [4.78, 5) is 0. The lowest BCUT2D eigenvalue weighted by Gasteiger charge is -2.32. The van der Waals surface area contributed by atoms with Crippen molar-refractivity contribution in [3.05, 3.63) is 24.3 Å². The molecule has 2 rings (SSSR count). The Kier molecular flexibility index (Phi) is 5.88. The van der Waals surface area contributed by atoms with E-state index in [1.807, 2.05) is 24.3 Å². The van der Waals surface area contributed by atoms with E-state index < -0.39 is 0 Å². The highest BCUT2D eigenvalue weighted by atomic mass is 16.5. The Morgan fingerprint density at radius 2 is 2.10 bits per heavy atom. The normalized spacial score (nSPS) is 25.0. The Labute approximate surface area is 127 Å². The van der Waals surface area contributed by atoms with Gasteiger partial charge in [-0.2, -0.15) is 0 Å². The minimum Gasteiger partial charge on any atom is -0.493 e. The van der Waals surface area contributed by atoms with Crippen molar-refractivity contribution in [2.45, 2.75) is 32.8 Å². The summed E-state index contributed by atoms with van der Waals surface area (Å²) in [6.45, 7) is 7.81. The number of benzene rings is 1. The van der Waals surface area contributed by atoms with Gasteiger partial charge in [0.1, 0.15) is 0 Å². The molecule has 0 aromatic heterocycles. The molecule has 1 heterocycles. The first-order chi connectivity index (χ1) is 10.2. The third-order valence-corrected chi connectivity index (χ3v) is 4.48. The largest absolute Gasteiger partial charge is 0.493 e. The first-order valence-electron chi connectivity index (χ1n) is 7.80. The van der Waals surface area contributed by atoms with Gasteiger partial charge in [0.15, 0.2) is 11.5 Å². The molecule has 0 radical (unpaired) electrons. The highest BCUT2D eigenvalue weighted by Crippen LogP contribution is 2.38. The summed E-state index contributed by atoms with van der Waals surface area (Å²) in [7, 11) is 1.67. The second-order valence-corrected chi connectivity index (χ2v) is 5.66. The van der Waals surface area contributed by atoms with Crippen molar-refractivity contribution in [3.8, 4) is 11.5 Å². The standard InChI is InChI=1S/C17H27NO3/c1-4-18-13-17(9-11-20-14(17)2)10-12-21-16-8-6-5-7-15(16)19-3/h5-8,14,18H,4,9-13H2,1-3H3. The number of hydrogen-bond donors (Lipinski definition) is 1. The lowest BCUT2D eigenvalue weighted by molar-refractivity contribution is 0.0505. The minimum atomic E-state index is 0.179. The third kappa shape index (κ3) is 3.89. The molecule has 0 bridgehead atoms. The van der Waals surface area contributed by atoms with Gasteiger partial charge < -0.3 is 19.5 Å². The number of para-hydroxylation sites is 2. The molecule has 1 aromatic rings. The molecule has 118 valence electrons. The van der Waals surface area contributed by atoms with Gasteiger partial charge in [0, 0.05) is 18.6 Å². The SMILES string of the molecule is CCNCC1(CCOc2ccccc2OC)CCOC1C. The van der Waals surface area contributed by atoms with Crippen molar-refractivity contribution in [1.29, 1.82) is 0 Å². The summed E-state index contributed by atoms with van der Waals surface area (Å²) in [6, 6.07) is 7.79. The molecule has 2 atom stereocenters. The van der Waals surface area contributed by atoms with E-state index in [9.17, 15) is 0 Å². The molecule has 1 fully saturated rings. The number of methoxy groups -OCH3 is 1. The molecule has 1 saturated heterocycles. The Morgan fingerprint density at radius 3 is 2.71 bits per heavy atom. The van der Waals surface area contributed by atoms with E-state index in [0.717, 1.165) is 44.0 Å². The molecule has 21 heavy (non-hydrogen) atoms. The summed E-state index contributed by atoms with van der Waals surface area (Å²) in [6.07, 6.45) is 2.35. The zero-order valence-corrected chi connectivity index (χ0v) is 13.4. The highest BCUT2D eigenvalue weighted by Gasteiger charge is 2.40. The fraction of sp³-hybridized carbons (Fsp3) is 0.647. The van der Waals surface area contributed by atoms with Crippen LogP contribution >= 0.6 is 0 Å². The second kappa shape index (κ2) is 7.66. The van der Waals surface area contributed by atoms with Gasteiger partial charge in [0.2, 0.25) is 0 Å². The van der Waals surface area contributed by atoms with Crippen LogP contribution in [0.5, 0.6) is 11.5 Å². The molecular formula is C17H27NO3. The first-order valence-corrected chi connectivity index (χ1v) is 7.80. The van der Waals surface area contributed by atoms with Crippen LogP contribution < -0.4 is 14.8 Å². The van der Waals surface area contributed by atoms with E-state index >= 15 is 0 Å². The summed E-state index contributed by atoms with van der Waals surface area (Å²) in [5.41, 5.74) is 0.179. The Morgan fingerprint density at radius 1 is 1.33 bits per heavy atom. The van der Waals surface area contributed by atoms with Crippen LogP contribution in [0.4, 0.5) is 0 Å². The van der Waals surface area contributed by atoms with Gasteiger partial charge in [-0.1, -0.05) is 19.1 Å². The Hall–Kier alpha value is -1.26. The van der Waals surface area contributed by atoms with E-state index in [1.165, 1.54) is 0 Å². The molecule has 1 aliphatic heterocycles. The molecule has 4 nitrogen and oxygen atoms in total. The minimum absolute atomic E-state index is 0.179. The number of ether oxygens (including phenoxy) is 3. The quantitative estimate of drug-likeness (QED) is 0.800. The molecule has 2 unspecified atom stereocenters. The maximum atomic E-state index is 5.93. The topological polar surface area (TPSA) is 39.7 Å². The van der Waals surface area contributed by atoms with E-state index in [-0.39, 0.29) is 11.5 Å². The lowest BCUT2D eigenvalue weighted by Crippen LogP contribution is -2.40. The Balaban J connectivity index is 1.93. The van der Waals surface area contributed by atoms with Crippen molar-refractivity contribution in [2.75, 3.05) is 33.4 Å². The van der Waals surface area contributed by atoms with Crippen LogP contribution in [-0.4, -0.2) is 39.5 Å². The molecule has 1 aliphatic rings. The monoisotopic (exact) mass is 293 g/mol. The average Bonchev–Trinajstić information content (AvgIpc) is 2.87. The number of nitrogens with one attached hydrogen (secondary N) is 1. The van der Waals surface area contributed by atoms with E-state index in [0.29, 0.717) is 6.61 Å². The summed E-state index contributed by atoms with van der Waals surface area (Å²) in [5.74, 6) is 1.60. The van der Waals surface area contributed by atoms with Crippen molar-refractivity contribution >= 4 is 0 Å². The van der Waals surface area contributed by atoms with Crippen molar-refractivity contribution < 1.29 is 14.2 Å². The van der Waals surface area contributed by atoms with Crippen molar-refractivity contribution in [2.24, 2.45) is 5.41 Å². The van der Waals surface area contributed by atoms with Crippen LogP contribution in [0, 0.1) is 5.41 Å². The maximum Gasteiger partial charge on any atom is 0.161 e. The lowest BCUT2D eigenvalue weighted by atomic mass is 9.78. The summed E-state index contributed by atoms with van der Waals surface area (Å²) >= 11 is 0. The molecule has 4 heteroatoms. The van der Waals surface area contributed by atoms with Crippen LogP contribution in [0.15, 0.2) is 24.3 Å². The van der Waals surface area contributed by atoms with Crippen molar-refractivity contribution in [3.63, 3.8) is 0 Å². The van der Waals surface area contributed by atoms with Crippen LogP contribution in [0.2, 0.25) is 0 Å². The highest BCUT2D eigenvalue weighted by molar-refractivity contribution is 5.39. The second-order valence-electron chi connectivity index (χ2n) is 5.66. The first kappa shape index (κ1) is 16.1. The smallest absolute Gasteiger partial charge is 0.161 e. The summed E-state index contributed by atoms with van der Waals surface area (Å²) in [5, 5.41) is 3.47. The molecule has 0 amide bonds. The van der Waals surface area contributed by atoms with Gasteiger partial charge in [0.05, 0.1) is 19.8 Å². The van der Waals surface area contributed by atoms with Gasteiger partial charge >= 0.3 is 0 Å². The molecular weight excluding hydrogens is 266 g/mol. The van der Waals surface area contributed by atoms with E-state index in [4.69, 9.17) is 14.2 Å². The molecule has 1 N–H and O–H groups in total. The fourth-order valence-corrected chi connectivity index (χ4v) is 2.94. The Bertz CT molecular complexity index is 438. The number of hydrogen-bond acceptors (Lipinski definition) is 4. The van der Waals surface area contributed by atoms with Gasteiger partial charge in [-0.15, -0.1) is 0 Å². The zero-order chi connectivity index (χ0) is 15.1. The molecule has 0 spiro atoms. The van der Waals surface area contributed by atoms with Crippen molar-refractivity contribution in [1.82, 2.24) is 5.32 Å². The van der Waals surface area contributed by atoms with Gasteiger partial charge in [0.25, 0.3) is 0 Å². The van der Waals surface area contributed by atoms with Crippen LogP contribution in [-0.2, 0) is 4.74 Å². The van der Waals surface area contributed by atoms with Gasteiger partial charge in [-0.3, -0.25) is 0 Å². The van der Waals surface area contributed by atoms with Crippen LogP contribution in [0.1, 0.15) is 26.7 Å². The average molecular weight is 293 g/mol. The van der Waals surface area contributed by atoms with E-state index in [1.54, 1.807) is 7.11 Å². The molecule has 0 aliphatic carbocycles. The fourth-order valence-electron chi connectivity index (χ4n) is 2.94. The molecule has 0 saturated carbocycles. The predicted octanol–water partition coefficient (Wildman–Crippen LogP) is 2.87. The predicted molar refractivity (Wildman–Crippen MR) is 84.1 cm³/mol. The van der Waals surface area contributed by atoms with Gasteiger partial charge in [-0.25, -0.2) is 0 Å². The van der Waals surface area contributed by atoms with Gasteiger partial charge in [-0.05, 0) is 38.4 Å². The zero-order valence-electron chi connectivity index (χ0n) is 13.4. The molecule has 1 aromatic carbocycles. The third-order valence-electron chi connectivity index (χ3n) is 4.48. The maximum absolute atomic E-state index is 5.93. The van der Waals surface area contributed by atoms with E-state index in [2.05, 4.69) is 19.2 Å². The summed E-state index contributed by atoms with van der Waals surface area (Å²) < 4.78 is 17.0. The van der Waals surface area contributed by atoms with Crippen LogP contribution in [0.25, 0.3) is 0 Å². The van der Waals surface area contributed by atoms with Crippen LogP contribution in [0.3, 0.4) is 0 Å².